The molecule has 4 saturated carbocycles. The molecule has 1 N–H and O–H groups in total. The molecule has 22 nitrogen and oxygen atoms in total. The van der Waals surface area contributed by atoms with Crippen LogP contribution in [0, 0.1) is 11.8 Å². The Morgan fingerprint density at radius 3 is 1.40 bits per heavy atom. The van der Waals surface area contributed by atoms with Crippen molar-refractivity contribution in [3.05, 3.63) is 24.3 Å². The van der Waals surface area contributed by atoms with Crippen molar-refractivity contribution >= 4 is 71.3 Å². The van der Waals surface area contributed by atoms with Gasteiger partial charge in [0.1, 0.15) is 16.8 Å². The maximum Gasteiger partial charge on any atom is 0.509 e. The number of esters is 7. The highest BCUT2D eigenvalue weighted by Crippen LogP contribution is 2.60. The predicted molar refractivity (Wildman–Crippen MR) is 248 cm³/mol. The number of alkyl halides is 7. The number of cyclic esters (lactones) is 1. The van der Waals surface area contributed by atoms with Crippen LogP contribution < -0.4 is 0 Å². The summed E-state index contributed by atoms with van der Waals surface area (Å²) in [6.07, 6.45) is -6.33. The number of hydrogen-bond donors (Lipinski definition) is 1. The van der Waals surface area contributed by atoms with E-state index in [0.29, 0.717) is 24.7 Å². The van der Waals surface area contributed by atoms with Crippen molar-refractivity contribution in [2.45, 2.75) is 180 Å². The highest BCUT2D eigenvalue weighted by Gasteiger charge is 2.62. The SMILES string of the molecule is C=C(C)C(=O)OC(CC)C(F)(F)C(=O)OC.C=C(C)C(=O)OC(CC)C(F)(F)C(=O)OCC(F)(F)F.CC(=O)C(=O)O.CC(=O)C(=O)OC12CC3CC(CC(OC(=O)OC(C)(C)C)(C3)C1)C2.CC(=O)C(=O)OC1CCOC1=O. The number of ether oxygens (including phenoxy) is 9. The Morgan fingerprint density at radius 1 is 0.667 bits per heavy atom. The van der Waals surface area contributed by atoms with Crippen LogP contribution in [0.15, 0.2) is 24.3 Å². The van der Waals surface area contributed by atoms with E-state index in [0.717, 1.165) is 53.1 Å². The van der Waals surface area contributed by atoms with E-state index in [2.05, 4.69) is 41.6 Å². The van der Waals surface area contributed by atoms with Gasteiger partial charge in [-0.05, 0) is 91.4 Å². The zero-order valence-corrected chi connectivity index (χ0v) is 44.7. The largest absolute Gasteiger partial charge is 0.509 e. The molecule has 0 aromatic rings. The molecule has 5 unspecified atom stereocenters. The fourth-order valence-electron chi connectivity index (χ4n) is 7.78. The lowest BCUT2D eigenvalue weighted by Gasteiger charge is -2.59. The molecular weight excluding hydrogens is 1070 g/mol. The third kappa shape index (κ3) is 23.7. The van der Waals surface area contributed by atoms with Gasteiger partial charge >= 0.3 is 71.9 Å². The van der Waals surface area contributed by atoms with Crippen LogP contribution in [0.5, 0.6) is 0 Å². The number of carbonyl (C=O) groups excluding carboxylic acids is 11. The summed E-state index contributed by atoms with van der Waals surface area (Å²) in [7, 11) is 0.837. The maximum absolute atomic E-state index is 13.5. The molecule has 1 saturated heterocycles. The molecule has 4 aliphatic carbocycles. The van der Waals surface area contributed by atoms with Crippen LogP contribution in [-0.4, -0.2) is 150 Å². The first-order chi connectivity index (χ1) is 35.4. The van der Waals surface area contributed by atoms with E-state index >= 15 is 0 Å². The van der Waals surface area contributed by atoms with E-state index in [4.69, 9.17) is 19.3 Å². The average Bonchev–Trinajstić information content (AvgIpc) is 3.70. The van der Waals surface area contributed by atoms with Crippen LogP contribution in [0.2, 0.25) is 0 Å². The Bertz CT molecular complexity index is 2240. The number of ketones is 3. The van der Waals surface area contributed by atoms with Gasteiger partial charge in [0.05, 0.1) is 13.7 Å². The van der Waals surface area contributed by atoms with Crippen LogP contribution >= 0.6 is 0 Å². The summed E-state index contributed by atoms with van der Waals surface area (Å²) in [5.41, 5.74) is -2.13. The summed E-state index contributed by atoms with van der Waals surface area (Å²) in [6, 6.07) is 0. The summed E-state index contributed by atoms with van der Waals surface area (Å²) < 4.78 is 131. The van der Waals surface area contributed by atoms with Crippen molar-refractivity contribution in [1.82, 2.24) is 0 Å². The van der Waals surface area contributed by atoms with Gasteiger partial charge in [0, 0.05) is 44.8 Å². The third-order valence-electron chi connectivity index (χ3n) is 10.8. The maximum atomic E-state index is 13.5. The molecule has 0 amide bonds. The molecule has 1 aliphatic heterocycles. The number of carboxylic acid groups (broad SMARTS) is 1. The van der Waals surface area contributed by atoms with Crippen LogP contribution in [-0.2, 0) is 95.4 Å². The van der Waals surface area contributed by atoms with E-state index in [1.54, 1.807) is 20.8 Å². The van der Waals surface area contributed by atoms with Crippen LogP contribution in [0.4, 0.5) is 35.5 Å². The molecule has 0 aromatic carbocycles. The summed E-state index contributed by atoms with van der Waals surface area (Å²) in [5.74, 6) is -19.7. The fraction of sp³-hybridized carbons (Fsp3) is 0.673. The molecular formula is C49H65F7O22. The summed E-state index contributed by atoms with van der Waals surface area (Å²) >= 11 is 0. The molecule has 78 heavy (non-hydrogen) atoms. The summed E-state index contributed by atoms with van der Waals surface area (Å²) in [4.78, 5) is 130. The minimum Gasteiger partial charge on any atom is -0.476 e. The normalized spacial score (nSPS) is 21.4. The second-order valence-corrected chi connectivity index (χ2v) is 19.2. The average molecular weight is 1140 g/mol. The number of Topliss-reactive ketones (excluding diaryl/α,β-unsaturated/α-hetero) is 3. The molecule has 0 radical (unpaired) electrons. The molecule has 5 rings (SSSR count). The third-order valence-corrected chi connectivity index (χ3v) is 10.8. The number of halogens is 7. The Hall–Kier alpha value is -6.97. The molecule has 5 atom stereocenters. The molecule has 4 bridgehead atoms. The van der Waals surface area contributed by atoms with Gasteiger partial charge in [0.15, 0.2) is 18.8 Å². The Morgan fingerprint density at radius 2 is 1.08 bits per heavy atom. The number of methoxy groups -OCH3 is 1. The van der Waals surface area contributed by atoms with Crippen LogP contribution in [0.3, 0.4) is 0 Å². The van der Waals surface area contributed by atoms with E-state index in [-0.39, 0.29) is 24.2 Å². The lowest BCUT2D eigenvalue weighted by atomic mass is 9.52. The molecule has 29 heteroatoms. The van der Waals surface area contributed by atoms with Crippen molar-refractivity contribution in [2.24, 2.45) is 11.8 Å². The first-order valence-corrected chi connectivity index (χ1v) is 23.5. The zero-order chi connectivity index (χ0) is 61.1. The molecule has 442 valence electrons. The van der Waals surface area contributed by atoms with Crippen molar-refractivity contribution in [3.8, 4) is 0 Å². The van der Waals surface area contributed by atoms with Gasteiger partial charge in [-0.3, -0.25) is 14.4 Å². The first kappa shape index (κ1) is 71.0. The highest BCUT2D eigenvalue weighted by atomic mass is 19.4. The van der Waals surface area contributed by atoms with E-state index in [1.165, 1.54) is 34.6 Å². The Labute approximate surface area is 443 Å². The van der Waals surface area contributed by atoms with Crippen molar-refractivity contribution in [3.63, 3.8) is 0 Å². The lowest BCUT2D eigenvalue weighted by Crippen LogP contribution is -2.62. The topological polar surface area (TPSA) is 308 Å². The fourth-order valence-corrected chi connectivity index (χ4v) is 7.78. The first-order valence-electron chi connectivity index (χ1n) is 23.5. The van der Waals surface area contributed by atoms with Gasteiger partial charge in [-0.25, -0.2) is 43.2 Å². The van der Waals surface area contributed by atoms with E-state index in [9.17, 15) is 88.3 Å². The monoisotopic (exact) mass is 1140 g/mol. The second-order valence-electron chi connectivity index (χ2n) is 19.2. The highest BCUT2D eigenvalue weighted by molar-refractivity contribution is 6.33. The quantitative estimate of drug-likeness (QED) is 0.0529. The lowest BCUT2D eigenvalue weighted by molar-refractivity contribution is -0.224. The van der Waals surface area contributed by atoms with Gasteiger partial charge in [-0.1, -0.05) is 27.0 Å². The van der Waals surface area contributed by atoms with Gasteiger partial charge in [0.25, 0.3) is 0 Å². The molecule has 0 spiro atoms. The van der Waals surface area contributed by atoms with Crippen molar-refractivity contribution < 1.29 is 136 Å². The van der Waals surface area contributed by atoms with Crippen molar-refractivity contribution in [2.75, 3.05) is 20.3 Å². The number of aliphatic carboxylic acids is 1. The van der Waals surface area contributed by atoms with Crippen LogP contribution in [0.25, 0.3) is 0 Å². The molecule has 1 heterocycles. The molecule has 5 fully saturated rings. The number of carboxylic acids is 1. The standard InChI is InChI=1S/C18H26O6.C11H13F5O4.C10H14F2O4.C7H8O5.C3H4O3/c1-11(19)14(20)22-17-6-12-5-13(7-17)9-18(8-12,10-17)24-15(21)23-16(2,3)4;1-4-7(20-8(17)6(2)3)11(15,16)9(18)19-5-10(12,13)14;1-5-7(16-8(13)6(2)3)10(11,12)9(14)15-4;1-4(8)6(9)12-5-2-3-11-7(5)10;1-2(4)3(5)6/h12-13H,5-10H2,1-4H3;7H,2,4-5H2,1,3H3;7H,2,5H2,1,3-4H3;5H,2-3H2,1H3;1H3,(H,5,6). The molecule has 0 aromatic heterocycles. The Balaban J connectivity index is 0.00000100. The summed E-state index contributed by atoms with van der Waals surface area (Å²) in [6.45, 7) is 18.2. The smallest absolute Gasteiger partial charge is 0.476 e. The number of hydrogen-bond acceptors (Lipinski definition) is 21. The van der Waals surface area contributed by atoms with E-state index < -0.39 is 137 Å². The van der Waals surface area contributed by atoms with Gasteiger partial charge < -0.3 is 47.7 Å². The van der Waals surface area contributed by atoms with Crippen LogP contribution in [0.1, 0.15) is 127 Å². The predicted octanol–water partition coefficient (Wildman–Crippen LogP) is 6.57. The zero-order valence-electron chi connectivity index (χ0n) is 44.7. The second kappa shape index (κ2) is 29.7. The van der Waals surface area contributed by atoms with E-state index in [1.807, 2.05) is 0 Å². The van der Waals surface area contributed by atoms with Gasteiger partial charge in [0.2, 0.25) is 23.5 Å². The molecule has 5 aliphatic rings. The number of rotatable bonds is 17. The minimum atomic E-state index is -4.93. The van der Waals surface area contributed by atoms with Gasteiger partial charge in [-0.15, -0.1) is 0 Å². The van der Waals surface area contributed by atoms with Crippen molar-refractivity contribution in [1.29, 1.82) is 0 Å². The number of carbonyl (C=O) groups is 12. The van der Waals surface area contributed by atoms with Gasteiger partial charge in [-0.2, -0.15) is 30.7 Å². The Kier molecular flexibility index (Phi) is 27.0. The minimum absolute atomic E-state index is 0.0147. The summed E-state index contributed by atoms with van der Waals surface area (Å²) in [5, 5.41) is 7.64.